The molecule has 3 heteroatoms. The maximum absolute atomic E-state index is 5.31. The van der Waals surface area contributed by atoms with Crippen LogP contribution in [0.4, 0.5) is 0 Å². The van der Waals surface area contributed by atoms with Gasteiger partial charge in [0.2, 0.25) is 0 Å². The molecule has 0 unspecified atom stereocenters. The van der Waals surface area contributed by atoms with Crippen LogP contribution >= 0.6 is 11.9 Å². The minimum Gasteiger partial charge on any atom is -0.494 e. The maximum Gasteiger partial charge on any atom is 0.119 e. The third-order valence-electron chi connectivity index (χ3n) is 1.35. The number of hydrogen-bond donors (Lipinski definition) is 1. The van der Waals surface area contributed by atoms with Crippen molar-refractivity contribution >= 4 is 11.9 Å². The van der Waals surface area contributed by atoms with Crippen LogP contribution in [0.1, 0.15) is 20.8 Å². The van der Waals surface area contributed by atoms with Gasteiger partial charge in [-0.05, 0) is 50.2 Å². The fourth-order valence-electron chi connectivity index (χ4n) is 0.888. The highest BCUT2D eigenvalue weighted by Gasteiger charge is 1.93. The minimum atomic E-state index is 0.721. The highest BCUT2D eigenvalue weighted by atomic mass is 32.2. The molecule has 14 heavy (non-hydrogen) atoms. The summed E-state index contributed by atoms with van der Waals surface area (Å²) in [6, 6.07) is 8.02. The second-order valence-electron chi connectivity index (χ2n) is 2.21. The first-order valence-corrected chi connectivity index (χ1v) is 5.75. The first kappa shape index (κ1) is 13.3. The summed E-state index contributed by atoms with van der Waals surface area (Å²) in [5.74, 6) is 0.929. The lowest BCUT2D eigenvalue weighted by molar-refractivity contribution is 0.340. The molecule has 0 aliphatic carbocycles. The van der Waals surface area contributed by atoms with Gasteiger partial charge in [-0.15, -0.1) is 0 Å². The summed E-state index contributed by atoms with van der Waals surface area (Å²) in [6.07, 6.45) is 0. The molecule has 0 aliphatic heterocycles. The maximum atomic E-state index is 5.31. The Bertz CT molecular complexity index is 198. The summed E-state index contributed by atoms with van der Waals surface area (Å²) in [6.45, 7) is 6.70. The molecule has 0 aliphatic rings. The van der Waals surface area contributed by atoms with Gasteiger partial charge in [0.1, 0.15) is 5.75 Å². The third kappa shape index (κ3) is 5.14. The predicted molar refractivity (Wildman–Crippen MR) is 63.9 cm³/mol. The van der Waals surface area contributed by atoms with Crippen molar-refractivity contribution in [2.75, 3.05) is 13.7 Å². The lowest BCUT2D eigenvalue weighted by Crippen LogP contribution is -1.92. The molecule has 2 nitrogen and oxygen atoms in total. The first-order chi connectivity index (χ1) is 6.86. The van der Waals surface area contributed by atoms with E-state index < -0.39 is 0 Å². The Kier molecular flexibility index (Phi) is 8.48. The van der Waals surface area contributed by atoms with Crippen molar-refractivity contribution in [3.63, 3.8) is 0 Å². The SMILES string of the molecule is CC.CCOc1ccc(SNC)cc1. The monoisotopic (exact) mass is 213 g/mol. The van der Waals surface area contributed by atoms with Crippen LogP contribution in [0.25, 0.3) is 0 Å². The molecular formula is C11H19NOS. The Morgan fingerprint density at radius 1 is 1.21 bits per heavy atom. The Morgan fingerprint density at radius 2 is 1.79 bits per heavy atom. The minimum absolute atomic E-state index is 0.721. The van der Waals surface area contributed by atoms with E-state index in [9.17, 15) is 0 Å². The van der Waals surface area contributed by atoms with Gasteiger partial charge in [-0.25, -0.2) is 0 Å². The lowest BCUT2D eigenvalue weighted by atomic mass is 10.3. The summed E-state index contributed by atoms with van der Waals surface area (Å²) in [5.41, 5.74) is 0. The zero-order valence-corrected chi connectivity index (χ0v) is 10.1. The van der Waals surface area contributed by atoms with Gasteiger partial charge in [-0.1, -0.05) is 13.8 Å². The summed E-state index contributed by atoms with van der Waals surface area (Å²) < 4.78 is 8.32. The number of benzene rings is 1. The average Bonchev–Trinajstić information content (AvgIpc) is 2.25. The highest BCUT2D eigenvalue weighted by molar-refractivity contribution is 7.97. The molecule has 1 rings (SSSR count). The number of ether oxygens (including phenoxy) is 1. The van der Waals surface area contributed by atoms with E-state index in [1.54, 1.807) is 11.9 Å². The molecule has 0 fully saturated rings. The largest absolute Gasteiger partial charge is 0.494 e. The molecule has 0 bridgehead atoms. The van der Waals surface area contributed by atoms with Crippen LogP contribution in [0.2, 0.25) is 0 Å². The summed E-state index contributed by atoms with van der Waals surface area (Å²) in [5, 5.41) is 0. The third-order valence-corrected chi connectivity index (χ3v) is 2.07. The molecular weight excluding hydrogens is 194 g/mol. The Morgan fingerprint density at radius 3 is 2.21 bits per heavy atom. The van der Waals surface area contributed by atoms with Crippen LogP contribution in [-0.2, 0) is 0 Å². The highest BCUT2D eigenvalue weighted by Crippen LogP contribution is 2.18. The van der Waals surface area contributed by atoms with E-state index >= 15 is 0 Å². The van der Waals surface area contributed by atoms with Gasteiger partial charge in [0, 0.05) is 4.90 Å². The van der Waals surface area contributed by atoms with Crippen molar-refractivity contribution < 1.29 is 4.74 Å². The quantitative estimate of drug-likeness (QED) is 0.775. The zero-order valence-electron chi connectivity index (χ0n) is 9.33. The number of hydrogen-bond acceptors (Lipinski definition) is 3. The van der Waals surface area contributed by atoms with E-state index in [4.69, 9.17) is 4.74 Å². The van der Waals surface area contributed by atoms with Crippen LogP contribution in [0.15, 0.2) is 29.2 Å². The molecule has 0 radical (unpaired) electrons. The standard InChI is InChI=1S/C9H13NOS.C2H6/c1-3-11-8-4-6-9(7-5-8)12-10-2;1-2/h4-7,10H,3H2,1-2H3;1-2H3. The topological polar surface area (TPSA) is 21.3 Å². The lowest BCUT2D eigenvalue weighted by Gasteiger charge is -2.03. The van der Waals surface area contributed by atoms with Crippen LogP contribution in [0, 0.1) is 0 Å². The van der Waals surface area contributed by atoms with Gasteiger partial charge < -0.3 is 4.74 Å². The second-order valence-corrected chi connectivity index (χ2v) is 3.29. The molecule has 0 heterocycles. The zero-order chi connectivity index (χ0) is 10.8. The average molecular weight is 213 g/mol. The molecule has 0 atom stereocenters. The van der Waals surface area contributed by atoms with Gasteiger partial charge in [-0.3, -0.25) is 4.72 Å². The molecule has 1 N–H and O–H groups in total. The molecule has 80 valence electrons. The second kappa shape index (κ2) is 8.91. The molecule has 0 spiro atoms. The summed E-state index contributed by atoms with van der Waals surface area (Å²) >= 11 is 1.60. The van der Waals surface area contributed by atoms with Crippen LogP contribution in [0.5, 0.6) is 5.75 Å². The van der Waals surface area contributed by atoms with Gasteiger partial charge in [0.25, 0.3) is 0 Å². The van der Waals surface area contributed by atoms with E-state index in [0.29, 0.717) is 0 Å². The normalized spacial score (nSPS) is 8.86. The van der Waals surface area contributed by atoms with E-state index in [1.165, 1.54) is 4.90 Å². The smallest absolute Gasteiger partial charge is 0.119 e. The van der Waals surface area contributed by atoms with Gasteiger partial charge in [0.15, 0.2) is 0 Å². The van der Waals surface area contributed by atoms with Crippen molar-refractivity contribution in [2.45, 2.75) is 25.7 Å². The fourth-order valence-corrected chi connectivity index (χ4v) is 1.40. The Labute approximate surface area is 91.2 Å². The predicted octanol–water partition coefficient (Wildman–Crippen LogP) is 3.34. The van der Waals surface area contributed by atoms with Gasteiger partial charge in [-0.2, -0.15) is 0 Å². The van der Waals surface area contributed by atoms with E-state index in [1.807, 2.05) is 52.1 Å². The van der Waals surface area contributed by atoms with Crippen LogP contribution in [0.3, 0.4) is 0 Å². The molecule has 0 aromatic heterocycles. The van der Waals surface area contributed by atoms with Crippen molar-refractivity contribution in [1.82, 2.24) is 4.72 Å². The van der Waals surface area contributed by atoms with Crippen molar-refractivity contribution in [3.05, 3.63) is 24.3 Å². The summed E-state index contributed by atoms with van der Waals surface area (Å²) in [7, 11) is 1.90. The molecule has 0 saturated carbocycles. The number of rotatable bonds is 4. The van der Waals surface area contributed by atoms with E-state index in [-0.39, 0.29) is 0 Å². The van der Waals surface area contributed by atoms with E-state index in [0.717, 1.165) is 12.4 Å². The fraction of sp³-hybridized carbons (Fsp3) is 0.455. The number of nitrogens with one attached hydrogen (secondary N) is 1. The molecule has 0 saturated heterocycles. The van der Waals surface area contributed by atoms with Crippen LogP contribution in [-0.4, -0.2) is 13.7 Å². The van der Waals surface area contributed by atoms with E-state index in [2.05, 4.69) is 4.72 Å². The van der Waals surface area contributed by atoms with Gasteiger partial charge >= 0.3 is 0 Å². The van der Waals surface area contributed by atoms with Crippen molar-refractivity contribution in [2.24, 2.45) is 0 Å². The van der Waals surface area contributed by atoms with Crippen molar-refractivity contribution in [3.8, 4) is 5.75 Å². The Balaban J connectivity index is 0.000000791. The van der Waals surface area contributed by atoms with Crippen molar-refractivity contribution in [1.29, 1.82) is 0 Å². The van der Waals surface area contributed by atoms with Gasteiger partial charge in [0.05, 0.1) is 6.61 Å². The summed E-state index contributed by atoms with van der Waals surface area (Å²) in [4.78, 5) is 1.20. The van der Waals surface area contributed by atoms with Crippen LogP contribution < -0.4 is 9.46 Å². The first-order valence-electron chi connectivity index (χ1n) is 4.93. The molecule has 1 aromatic carbocycles. The Hall–Kier alpha value is -0.670. The molecule has 0 amide bonds. The molecule has 1 aromatic rings.